The Bertz CT molecular complexity index is 253. The molecule has 0 unspecified atom stereocenters. The fourth-order valence-corrected chi connectivity index (χ4v) is 4.39. The molecule has 0 bridgehead atoms. The first-order valence-corrected chi connectivity index (χ1v) is 9.13. The maximum absolute atomic E-state index is 2.76. The summed E-state index contributed by atoms with van der Waals surface area (Å²) in [5.41, 5.74) is 0. The van der Waals surface area contributed by atoms with Gasteiger partial charge in [-0.3, -0.25) is 0 Å². The minimum Gasteiger partial charge on any atom is -0.355 e. The minimum absolute atomic E-state index is 0.565. The van der Waals surface area contributed by atoms with Gasteiger partial charge in [0.25, 0.3) is 20.9 Å². The average molecular weight is 291 g/mol. The molecule has 1 aliphatic heterocycles. The first kappa shape index (κ1) is 19.1. The van der Waals surface area contributed by atoms with E-state index in [1.807, 2.05) is 0 Å². The van der Waals surface area contributed by atoms with E-state index in [2.05, 4.69) is 76.5 Å². The van der Waals surface area contributed by atoms with Crippen LogP contribution in [0.2, 0.25) is 19.0 Å². The molecular formula is C15H36B3N3. The van der Waals surface area contributed by atoms with E-state index in [4.69, 9.17) is 0 Å². The van der Waals surface area contributed by atoms with Gasteiger partial charge >= 0.3 is 0 Å². The highest BCUT2D eigenvalue weighted by Crippen LogP contribution is 2.30. The first-order valence-electron chi connectivity index (χ1n) is 9.13. The number of nitrogens with zero attached hydrogens (tertiary/aromatic N) is 3. The molecule has 1 rings (SSSR count). The van der Waals surface area contributed by atoms with Gasteiger partial charge in [0, 0.05) is 0 Å². The molecule has 0 saturated carbocycles. The Morgan fingerprint density at radius 1 is 0.524 bits per heavy atom. The Labute approximate surface area is 135 Å². The fourth-order valence-electron chi connectivity index (χ4n) is 4.39. The van der Waals surface area contributed by atoms with Crippen molar-refractivity contribution in [2.45, 2.75) is 99.4 Å². The van der Waals surface area contributed by atoms with Crippen molar-refractivity contribution in [3.63, 3.8) is 0 Å². The van der Waals surface area contributed by atoms with Crippen molar-refractivity contribution < 1.29 is 0 Å². The van der Waals surface area contributed by atoms with Gasteiger partial charge < -0.3 is 14.2 Å². The van der Waals surface area contributed by atoms with Crippen LogP contribution < -0.4 is 0 Å². The van der Waals surface area contributed by atoms with Gasteiger partial charge in [-0.15, -0.1) is 0 Å². The molecule has 1 aliphatic rings. The van der Waals surface area contributed by atoms with Crippen LogP contribution >= 0.6 is 0 Å². The van der Waals surface area contributed by atoms with Crippen LogP contribution in [0.5, 0.6) is 0 Å². The molecule has 0 aliphatic carbocycles. The van der Waals surface area contributed by atoms with Crippen molar-refractivity contribution in [1.29, 1.82) is 0 Å². The fraction of sp³-hybridized carbons (Fsp3) is 1.00. The molecule has 0 atom stereocenters. The van der Waals surface area contributed by atoms with E-state index in [1.54, 1.807) is 0 Å². The summed E-state index contributed by atoms with van der Waals surface area (Å²) >= 11 is 0. The molecule has 0 N–H and O–H groups in total. The van der Waals surface area contributed by atoms with Crippen LogP contribution in [-0.4, -0.2) is 53.2 Å². The van der Waals surface area contributed by atoms with Crippen molar-refractivity contribution in [1.82, 2.24) is 14.2 Å². The lowest BCUT2D eigenvalue weighted by atomic mass is 9.39. The second kappa shape index (κ2) is 8.08. The largest absolute Gasteiger partial charge is 0.355 e. The van der Waals surface area contributed by atoms with E-state index in [1.165, 1.54) is 19.0 Å². The van der Waals surface area contributed by atoms with Gasteiger partial charge in [0.1, 0.15) is 0 Å². The summed E-state index contributed by atoms with van der Waals surface area (Å²) in [7, 11) is 0. The highest BCUT2D eigenvalue weighted by atomic mass is 15.3. The molecule has 0 aromatic rings. The zero-order chi connectivity index (χ0) is 16.3. The zero-order valence-electron chi connectivity index (χ0n) is 15.9. The summed E-state index contributed by atoms with van der Waals surface area (Å²) < 4.78 is 8.27. The molecule has 3 nitrogen and oxygen atoms in total. The second-order valence-electron chi connectivity index (χ2n) is 7.29. The van der Waals surface area contributed by atoms with E-state index in [0.717, 1.165) is 0 Å². The summed E-state index contributed by atoms with van der Waals surface area (Å²) in [5.74, 6) is 0. The Kier molecular flexibility index (Phi) is 7.35. The third-order valence-corrected chi connectivity index (χ3v) is 4.95. The molecule has 0 spiro atoms. The Balaban J connectivity index is 3.32. The summed E-state index contributed by atoms with van der Waals surface area (Å²) in [6.45, 7) is 22.9. The molecule has 0 aromatic heterocycles. The van der Waals surface area contributed by atoms with Crippen molar-refractivity contribution in [2.24, 2.45) is 0 Å². The van der Waals surface area contributed by atoms with Crippen LogP contribution in [0.25, 0.3) is 0 Å². The molecule has 120 valence electrons. The van der Waals surface area contributed by atoms with Crippen molar-refractivity contribution in [3.05, 3.63) is 0 Å². The molecule has 0 aromatic carbocycles. The molecule has 6 heteroatoms. The third-order valence-electron chi connectivity index (χ3n) is 4.95. The molecule has 21 heavy (non-hydrogen) atoms. The molecule has 1 fully saturated rings. The van der Waals surface area contributed by atoms with Gasteiger partial charge in [-0.05, 0) is 37.1 Å². The maximum atomic E-state index is 2.76. The van der Waals surface area contributed by atoms with Gasteiger partial charge in [-0.1, -0.05) is 62.3 Å². The predicted octanol–water partition coefficient (Wildman–Crippen LogP) is 3.66. The highest BCUT2D eigenvalue weighted by molar-refractivity contribution is 6.86. The quantitative estimate of drug-likeness (QED) is 0.691. The van der Waals surface area contributed by atoms with E-state index in [0.29, 0.717) is 39.1 Å². The number of hydrogen-bond acceptors (Lipinski definition) is 3. The zero-order valence-corrected chi connectivity index (χ0v) is 15.9. The molecule has 0 amide bonds. The summed E-state index contributed by atoms with van der Waals surface area (Å²) in [5, 5.41) is 0. The van der Waals surface area contributed by atoms with Crippen LogP contribution in [0.1, 0.15) is 62.3 Å². The Morgan fingerprint density at radius 3 is 0.810 bits per heavy atom. The van der Waals surface area contributed by atoms with Crippen LogP contribution in [0.15, 0.2) is 0 Å². The first-order chi connectivity index (χ1) is 9.81. The lowest BCUT2D eigenvalue weighted by Gasteiger charge is -2.58. The number of rotatable bonds is 6. The van der Waals surface area contributed by atoms with Gasteiger partial charge in [-0.25, -0.2) is 0 Å². The molecule has 1 heterocycles. The molecular weight excluding hydrogens is 255 g/mol. The van der Waals surface area contributed by atoms with Gasteiger partial charge in [0.15, 0.2) is 0 Å². The normalized spacial score (nSPS) is 19.7. The maximum Gasteiger partial charge on any atom is 0.290 e. The van der Waals surface area contributed by atoms with E-state index in [9.17, 15) is 0 Å². The average Bonchev–Trinajstić information content (AvgIpc) is 2.42. The summed E-state index contributed by atoms with van der Waals surface area (Å²) in [6.07, 6.45) is 3.61. The standard InChI is InChI=1S/C15H36B3N3/c1-10-16-19(13(4)5)17(11-2)21(15(8)9)18(12-3)20(16)14(6)7/h13-15H,10-12H2,1-9H3. The van der Waals surface area contributed by atoms with Gasteiger partial charge in [0.2, 0.25) is 0 Å². The van der Waals surface area contributed by atoms with E-state index in [-0.39, 0.29) is 0 Å². The topological polar surface area (TPSA) is 9.72 Å². The molecule has 0 radical (unpaired) electrons. The minimum atomic E-state index is 0.565. The van der Waals surface area contributed by atoms with Crippen molar-refractivity contribution in [3.8, 4) is 0 Å². The molecule has 1 saturated heterocycles. The van der Waals surface area contributed by atoms with Crippen LogP contribution in [0.4, 0.5) is 0 Å². The second-order valence-corrected chi connectivity index (χ2v) is 7.29. The van der Waals surface area contributed by atoms with Crippen LogP contribution in [0.3, 0.4) is 0 Å². The van der Waals surface area contributed by atoms with Gasteiger partial charge in [-0.2, -0.15) is 0 Å². The Morgan fingerprint density at radius 2 is 0.714 bits per heavy atom. The predicted molar refractivity (Wildman–Crippen MR) is 99.6 cm³/mol. The Hall–Kier alpha value is 0.0748. The summed E-state index contributed by atoms with van der Waals surface area (Å²) in [6, 6.07) is 1.75. The summed E-state index contributed by atoms with van der Waals surface area (Å²) in [4.78, 5) is 0. The smallest absolute Gasteiger partial charge is 0.290 e. The van der Waals surface area contributed by atoms with Crippen molar-refractivity contribution in [2.75, 3.05) is 0 Å². The lowest BCUT2D eigenvalue weighted by Crippen LogP contribution is -2.80. The van der Waals surface area contributed by atoms with Gasteiger partial charge in [0.05, 0.1) is 0 Å². The van der Waals surface area contributed by atoms with E-state index >= 15 is 0 Å². The van der Waals surface area contributed by atoms with Crippen LogP contribution in [-0.2, 0) is 0 Å². The highest BCUT2D eigenvalue weighted by Gasteiger charge is 2.52. The van der Waals surface area contributed by atoms with Crippen molar-refractivity contribution >= 4 is 20.9 Å². The van der Waals surface area contributed by atoms with Crippen LogP contribution in [0, 0.1) is 0 Å². The number of hydrogen-bond donors (Lipinski definition) is 0. The van der Waals surface area contributed by atoms with E-state index < -0.39 is 0 Å². The lowest BCUT2D eigenvalue weighted by molar-refractivity contribution is 0.341. The monoisotopic (exact) mass is 291 g/mol. The third kappa shape index (κ3) is 3.70. The SMILES string of the molecule is CCB1N(C(C)C)B(CC)N(C(C)C)B(CC)N1C(C)C.